The number of carbonyl (C=O) groups excluding carboxylic acids is 1. The van der Waals surface area contributed by atoms with Crippen LogP contribution in [0, 0.1) is 0 Å². The number of hydrogen-bond donors (Lipinski definition) is 0. The summed E-state index contributed by atoms with van der Waals surface area (Å²) in [6.45, 7) is 1.20. The van der Waals surface area contributed by atoms with Crippen molar-refractivity contribution in [2.24, 2.45) is 0 Å². The molecule has 148 valence electrons. The highest BCUT2D eigenvalue weighted by atomic mass is 32.2. The maximum Gasteiger partial charge on any atom is 0.241 e. The van der Waals surface area contributed by atoms with Crippen LogP contribution in [0.2, 0.25) is 0 Å². The van der Waals surface area contributed by atoms with Crippen molar-refractivity contribution in [2.45, 2.75) is 31.3 Å². The molecule has 2 aliphatic rings. The zero-order valence-corrected chi connectivity index (χ0v) is 16.7. The number of amides is 1. The van der Waals surface area contributed by atoms with Crippen LogP contribution in [-0.4, -0.2) is 49.9 Å². The molecule has 1 amide bonds. The number of hydrogen-bond acceptors (Lipinski definition) is 4. The Morgan fingerprint density at radius 1 is 1.00 bits per heavy atom. The smallest absolute Gasteiger partial charge is 0.241 e. The van der Waals surface area contributed by atoms with Gasteiger partial charge in [0.2, 0.25) is 5.91 Å². The molecular weight excluding hydrogens is 372 g/mol. The average molecular weight is 399 g/mol. The van der Waals surface area contributed by atoms with E-state index in [0.717, 1.165) is 25.1 Å². The molecule has 2 atom stereocenters. The molecular formula is C22H26N2O3S. The lowest BCUT2D eigenvalue weighted by Crippen LogP contribution is -2.46. The van der Waals surface area contributed by atoms with Crippen LogP contribution in [0.1, 0.15) is 30.9 Å². The van der Waals surface area contributed by atoms with Crippen LogP contribution in [0.5, 0.6) is 0 Å². The van der Waals surface area contributed by atoms with Gasteiger partial charge in [-0.05, 0) is 43.5 Å². The lowest BCUT2D eigenvalue weighted by atomic mass is 10.0. The first-order chi connectivity index (χ1) is 13.5. The standard InChI is InChI=1S/C22H26N2O3S/c25-22(16-23-14-7-12-21(23)18-8-3-1-4-9-18)24(19-10-5-2-6-11-19)20-13-15-28(26,27)17-20/h1-6,8-11,20-21H,7,12-17H2. The number of anilines is 1. The minimum absolute atomic E-state index is 0.0175. The van der Waals surface area contributed by atoms with Crippen LogP contribution < -0.4 is 4.90 Å². The SMILES string of the molecule is O=C(CN1CCCC1c1ccccc1)N(c1ccccc1)C1CCS(=O)(=O)C1. The van der Waals surface area contributed by atoms with E-state index in [4.69, 9.17) is 0 Å². The Morgan fingerprint density at radius 3 is 2.32 bits per heavy atom. The molecule has 5 nitrogen and oxygen atoms in total. The van der Waals surface area contributed by atoms with Crippen LogP contribution in [-0.2, 0) is 14.6 Å². The summed E-state index contributed by atoms with van der Waals surface area (Å²) in [6.07, 6.45) is 2.61. The summed E-state index contributed by atoms with van der Waals surface area (Å²) in [5.41, 5.74) is 2.02. The Morgan fingerprint density at radius 2 is 1.68 bits per heavy atom. The Kier molecular flexibility index (Phi) is 5.51. The van der Waals surface area contributed by atoms with E-state index in [1.165, 1.54) is 5.56 Å². The van der Waals surface area contributed by atoms with E-state index in [0.29, 0.717) is 13.0 Å². The molecule has 4 rings (SSSR count). The van der Waals surface area contributed by atoms with Gasteiger partial charge in [0.1, 0.15) is 0 Å². The second-order valence-electron chi connectivity index (χ2n) is 7.70. The third-order valence-corrected chi connectivity index (χ3v) is 7.51. The van der Waals surface area contributed by atoms with Crippen LogP contribution in [0.25, 0.3) is 0 Å². The lowest BCUT2D eigenvalue weighted by molar-refractivity contribution is -0.120. The van der Waals surface area contributed by atoms with Crippen molar-refractivity contribution in [3.8, 4) is 0 Å². The summed E-state index contributed by atoms with van der Waals surface area (Å²) in [5.74, 6) is 0.191. The number of para-hydroxylation sites is 1. The molecule has 2 heterocycles. The molecule has 2 aromatic carbocycles. The van der Waals surface area contributed by atoms with Gasteiger partial charge in [0.15, 0.2) is 9.84 Å². The molecule has 0 radical (unpaired) electrons. The molecule has 2 saturated heterocycles. The minimum Gasteiger partial charge on any atom is -0.307 e. The van der Waals surface area contributed by atoms with Crippen LogP contribution in [0.4, 0.5) is 5.69 Å². The van der Waals surface area contributed by atoms with Gasteiger partial charge in [0.25, 0.3) is 0 Å². The fraction of sp³-hybridized carbons (Fsp3) is 0.409. The van der Waals surface area contributed by atoms with E-state index in [2.05, 4.69) is 17.0 Å². The summed E-state index contributed by atoms with van der Waals surface area (Å²) in [5, 5.41) is 0. The van der Waals surface area contributed by atoms with Gasteiger partial charge in [0.05, 0.1) is 24.1 Å². The molecule has 2 fully saturated rings. The largest absolute Gasteiger partial charge is 0.307 e. The average Bonchev–Trinajstić information content (AvgIpc) is 3.29. The molecule has 0 saturated carbocycles. The van der Waals surface area contributed by atoms with Gasteiger partial charge in [-0.3, -0.25) is 9.69 Å². The van der Waals surface area contributed by atoms with Crippen LogP contribution in [0.15, 0.2) is 60.7 Å². The molecule has 2 aromatic rings. The van der Waals surface area contributed by atoms with Crippen molar-refractivity contribution in [3.63, 3.8) is 0 Å². The molecule has 28 heavy (non-hydrogen) atoms. The number of likely N-dealkylation sites (tertiary alicyclic amines) is 1. The third kappa shape index (κ3) is 4.13. The second kappa shape index (κ2) is 8.05. The number of sulfone groups is 1. The van der Waals surface area contributed by atoms with E-state index in [-0.39, 0.29) is 29.5 Å². The van der Waals surface area contributed by atoms with Gasteiger partial charge >= 0.3 is 0 Å². The molecule has 0 aliphatic carbocycles. The van der Waals surface area contributed by atoms with Crippen LogP contribution >= 0.6 is 0 Å². The Labute approximate surface area is 166 Å². The van der Waals surface area contributed by atoms with Crippen molar-refractivity contribution in [2.75, 3.05) is 29.5 Å². The maximum absolute atomic E-state index is 13.4. The quantitative estimate of drug-likeness (QED) is 0.777. The highest BCUT2D eigenvalue weighted by Gasteiger charge is 2.37. The fourth-order valence-electron chi connectivity index (χ4n) is 4.44. The van der Waals surface area contributed by atoms with Crippen molar-refractivity contribution >= 4 is 21.4 Å². The highest BCUT2D eigenvalue weighted by Crippen LogP contribution is 2.32. The molecule has 2 aliphatic heterocycles. The van der Waals surface area contributed by atoms with Gasteiger partial charge in [0, 0.05) is 11.7 Å². The van der Waals surface area contributed by atoms with Gasteiger partial charge in [-0.2, -0.15) is 0 Å². The summed E-state index contributed by atoms with van der Waals surface area (Å²) in [7, 11) is -3.07. The maximum atomic E-state index is 13.4. The van der Waals surface area contributed by atoms with Crippen molar-refractivity contribution < 1.29 is 13.2 Å². The third-order valence-electron chi connectivity index (χ3n) is 5.76. The summed E-state index contributed by atoms with van der Waals surface area (Å²) < 4.78 is 24.1. The normalized spacial score (nSPS) is 24.3. The van der Waals surface area contributed by atoms with E-state index in [1.54, 1.807) is 4.90 Å². The molecule has 6 heteroatoms. The first kappa shape index (κ1) is 19.2. The zero-order valence-electron chi connectivity index (χ0n) is 15.9. The first-order valence-electron chi connectivity index (χ1n) is 9.90. The van der Waals surface area contributed by atoms with Gasteiger partial charge in [-0.25, -0.2) is 8.42 Å². The zero-order chi connectivity index (χ0) is 19.6. The van der Waals surface area contributed by atoms with Crippen molar-refractivity contribution in [1.82, 2.24) is 4.90 Å². The van der Waals surface area contributed by atoms with Crippen molar-refractivity contribution in [3.05, 3.63) is 66.2 Å². The Balaban J connectivity index is 1.56. The summed E-state index contributed by atoms with van der Waals surface area (Å²) in [4.78, 5) is 17.3. The van der Waals surface area contributed by atoms with E-state index in [1.807, 2.05) is 48.5 Å². The van der Waals surface area contributed by atoms with Gasteiger partial charge < -0.3 is 4.90 Å². The second-order valence-corrected chi connectivity index (χ2v) is 9.92. The van der Waals surface area contributed by atoms with E-state index >= 15 is 0 Å². The van der Waals surface area contributed by atoms with E-state index < -0.39 is 9.84 Å². The molecule has 0 aromatic heterocycles. The molecule has 0 bridgehead atoms. The molecule has 0 spiro atoms. The minimum atomic E-state index is -3.07. The van der Waals surface area contributed by atoms with Gasteiger partial charge in [-0.1, -0.05) is 48.5 Å². The summed E-state index contributed by atoms with van der Waals surface area (Å²) >= 11 is 0. The van der Waals surface area contributed by atoms with Gasteiger partial charge in [-0.15, -0.1) is 0 Å². The predicted molar refractivity (Wildman–Crippen MR) is 111 cm³/mol. The molecule has 2 unspecified atom stereocenters. The van der Waals surface area contributed by atoms with E-state index in [9.17, 15) is 13.2 Å². The lowest BCUT2D eigenvalue weighted by Gasteiger charge is -2.32. The Bertz CT molecular complexity index is 915. The Hall–Kier alpha value is -2.18. The summed E-state index contributed by atoms with van der Waals surface area (Å²) in [6, 6.07) is 19.7. The fourth-order valence-corrected chi connectivity index (χ4v) is 6.14. The van der Waals surface area contributed by atoms with Crippen LogP contribution in [0.3, 0.4) is 0 Å². The molecule has 0 N–H and O–H groups in total. The topological polar surface area (TPSA) is 57.7 Å². The van der Waals surface area contributed by atoms with Crippen molar-refractivity contribution in [1.29, 1.82) is 0 Å². The number of benzene rings is 2. The number of nitrogens with zero attached hydrogens (tertiary/aromatic N) is 2. The number of rotatable bonds is 5. The highest BCUT2D eigenvalue weighted by molar-refractivity contribution is 7.91. The first-order valence-corrected chi connectivity index (χ1v) is 11.7. The monoisotopic (exact) mass is 398 g/mol. The number of carbonyl (C=O) groups is 1. The predicted octanol–water partition coefficient (Wildman–Crippen LogP) is 3.04.